The fraction of sp³-hybridized carbons (Fsp3) is 0.292. The summed E-state index contributed by atoms with van der Waals surface area (Å²) in [5.74, 6) is -0.911. The molecule has 29 heteroatoms. The van der Waals surface area contributed by atoms with Crippen molar-refractivity contribution >= 4 is 58.0 Å². The zero-order valence-corrected chi connectivity index (χ0v) is 61.6. The van der Waals surface area contributed by atoms with E-state index in [0.717, 1.165) is 45.3 Å². The maximum Gasteiger partial charge on any atom is 0.147 e. The summed E-state index contributed by atoms with van der Waals surface area (Å²) >= 11 is 28.2. The SMILES string of the molecule is COC(C)c1ccccn1.COCc1cc(Cl)ccn1.COCc1cc(F)ccn1.COCc1ccc(C#N)cn1.COCc1ccc(Cl)cn1.COCc1ccc(Cl)nc1.COCc1ccc(F)cn1.COCc1ccnc(Cl)c1.COCc1ncccc1Cl.COCc1ncccc1F. The first kappa shape index (κ1) is 90.8. The molecule has 0 bridgehead atoms. The first-order valence-corrected chi connectivity index (χ1v) is 31.8. The predicted octanol–water partition coefficient (Wildman–Crippen LogP) is 16.4. The Labute approximate surface area is 614 Å². The Balaban J connectivity index is 0.000000561. The van der Waals surface area contributed by atoms with Gasteiger partial charge in [0.2, 0.25) is 0 Å². The zero-order valence-electron chi connectivity index (χ0n) is 57.9. The lowest BCUT2D eigenvalue weighted by Crippen LogP contribution is -1.97. The number of halogens is 8. The first-order chi connectivity index (χ1) is 48.8. The number of hydrogen-bond donors (Lipinski definition) is 0. The molecule has 1 unspecified atom stereocenters. The number of ether oxygens (including phenoxy) is 10. The third kappa shape index (κ3) is 46.1. The van der Waals surface area contributed by atoms with Crippen molar-refractivity contribution < 1.29 is 60.5 Å². The van der Waals surface area contributed by atoms with Gasteiger partial charge in [-0.25, -0.2) is 23.1 Å². The predicted molar refractivity (Wildman–Crippen MR) is 384 cm³/mol. The van der Waals surface area contributed by atoms with Crippen molar-refractivity contribution in [2.24, 2.45) is 0 Å². The Bertz CT molecular complexity index is 3460. The van der Waals surface area contributed by atoms with Gasteiger partial charge in [0.1, 0.15) is 39.5 Å². The van der Waals surface area contributed by atoms with Gasteiger partial charge in [0, 0.05) is 132 Å². The highest BCUT2D eigenvalue weighted by molar-refractivity contribution is 6.31. The Morgan fingerprint density at radius 3 is 1.37 bits per heavy atom. The van der Waals surface area contributed by atoms with E-state index in [1.807, 2.05) is 49.4 Å². The minimum atomic E-state index is -0.320. The van der Waals surface area contributed by atoms with Gasteiger partial charge in [0.15, 0.2) is 0 Å². The molecule has 0 aliphatic heterocycles. The molecule has 0 N–H and O–H groups in total. The van der Waals surface area contributed by atoms with Crippen molar-refractivity contribution in [3.63, 3.8) is 0 Å². The van der Waals surface area contributed by atoms with Crippen LogP contribution in [0.4, 0.5) is 13.2 Å². The van der Waals surface area contributed by atoms with Gasteiger partial charge in [-0.2, -0.15) is 5.26 Å². The second kappa shape index (κ2) is 59.5. The lowest BCUT2D eigenvalue weighted by molar-refractivity contribution is 0.116. The van der Waals surface area contributed by atoms with Crippen molar-refractivity contribution in [1.29, 1.82) is 5.26 Å². The molecule has 542 valence electrons. The van der Waals surface area contributed by atoms with Gasteiger partial charge in [-0.05, 0) is 133 Å². The second-order valence-electron chi connectivity index (χ2n) is 19.4. The standard InChI is InChI=1S/C8H8N2O.C8H11NO.5C7H8ClNO.3C7H8FNO/c1-11-6-8-3-2-7(4-9)5-10-8;1-7(10-2)8-5-3-4-6-9-8;1-10-5-7-4-6(8)2-3-9-7;1-10-5-7-3-2-6(8)4-9-7;1-10-5-6-2-3-9-7(8)4-6;1-10-5-6-2-3-7(8)9-4-6;1-10-5-7-6(8)3-2-4-9-7;1-10-5-7-4-6(8)2-3-9-7;1-10-5-7-3-2-6(8)4-9-7;1-10-5-7-6(8)3-2-4-9-7/h2-3,5H,6H2,1H3;3-7H,1-2H3;8*2-4H,5H2,1H3. The van der Waals surface area contributed by atoms with Crippen LogP contribution in [0.1, 0.15) is 75.3 Å². The smallest absolute Gasteiger partial charge is 0.147 e. The van der Waals surface area contributed by atoms with Crippen LogP contribution in [0, 0.1) is 28.8 Å². The normalized spacial score (nSPS) is 10.0. The summed E-state index contributed by atoms with van der Waals surface area (Å²) in [7, 11) is 16.1. The average Bonchev–Trinajstić information content (AvgIpc) is 2.11. The Hall–Kier alpha value is -8.17. The summed E-state index contributed by atoms with van der Waals surface area (Å²) in [6.07, 6.45) is 15.9. The molecule has 0 saturated carbocycles. The maximum absolute atomic E-state index is 12.6. The zero-order chi connectivity index (χ0) is 74.7. The van der Waals surface area contributed by atoms with Gasteiger partial charge in [-0.1, -0.05) is 70.1 Å². The van der Waals surface area contributed by atoms with Gasteiger partial charge in [-0.3, -0.25) is 39.9 Å². The molecule has 10 rings (SSSR count). The van der Waals surface area contributed by atoms with Crippen LogP contribution in [0.15, 0.2) is 189 Å². The van der Waals surface area contributed by atoms with E-state index in [9.17, 15) is 13.2 Å². The number of rotatable bonds is 20. The molecule has 21 nitrogen and oxygen atoms in total. The van der Waals surface area contributed by atoms with E-state index < -0.39 is 0 Å². The van der Waals surface area contributed by atoms with Crippen LogP contribution in [0.2, 0.25) is 25.4 Å². The quantitative estimate of drug-likeness (QED) is 0.0644. The van der Waals surface area contributed by atoms with Crippen molar-refractivity contribution in [3.8, 4) is 6.07 Å². The van der Waals surface area contributed by atoms with Gasteiger partial charge < -0.3 is 47.4 Å². The molecule has 0 radical (unpaired) electrons. The summed E-state index contributed by atoms with van der Waals surface area (Å²) in [5.41, 5.74) is 8.71. The van der Waals surface area contributed by atoms with Crippen LogP contribution < -0.4 is 0 Å². The molecule has 0 spiro atoms. The minimum absolute atomic E-state index is 0.0983. The van der Waals surface area contributed by atoms with Crippen molar-refractivity contribution in [2.45, 2.75) is 72.5 Å². The number of nitriles is 1. The number of methoxy groups -OCH3 is 10. The molecule has 0 amide bonds. The summed E-state index contributed by atoms with van der Waals surface area (Å²) < 4.78 is 85.8. The summed E-state index contributed by atoms with van der Waals surface area (Å²) in [6, 6.07) is 37.9. The van der Waals surface area contributed by atoms with Gasteiger partial charge >= 0.3 is 0 Å². The third-order valence-corrected chi connectivity index (χ3v) is 12.7. The van der Waals surface area contributed by atoms with Crippen LogP contribution in [-0.2, 0) is 107 Å². The lowest BCUT2D eigenvalue weighted by Gasteiger charge is -2.06. The van der Waals surface area contributed by atoms with Crippen LogP contribution in [0.25, 0.3) is 0 Å². The number of pyridine rings is 10. The highest BCUT2D eigenvalue weighted by Crippen LogP contribution is 2.14. The van der Waals surface area contributed by atoms with E-state index in [0.29, 0.717) is 95.2 Å². The molecule has 0 aliphatic carbocycles. The first-order valence-electron chi connectivity index (χ1n) is 29.9. The van der Waals surface area contributed by atoms with Crippen LogP contribution in [0.3, 0.4) is 0 Å². The number of hydrogen-bond acceptors (Lipinski definition) is 21. The minimum Gasteiger partial charge on any atom is -0.380 e. The number of aromatic nitrogens is 10. The summed E-state index contributed by atoms with van der Waals surface area (Å²) in [5, 5.41) is 11.5. The molecular formula is C72H83Cl5F3N11O10. The molecule has 0 aliphatic rings. The maximum atomic E-state index is 12.6. The molecule has 0 saturated heterocycles. The molecule has 10 aromatic heterocycles. The molecule has 0 aromatic carbocycles. The fourth-order valence-corrected chi connectivity index (χ4v) is 7.55. The van der Waals surface area contributed by atoms with Crippen molar-refractivity contribution in [1.82, 2.24) is 49.8 Å². The van der Waals surface area contributed by atoms with Crippen LogP contribution in [-0.4, -0.2) is 121 Å². The second-order valence-corrected chi connectivity index (χ2v) is 21.4. The average molecular weight is 1500 g/mol. The van der Waals surface area contributed by atoms with E-state index in [2.05, 4.69) is 49.8 Å². The van der Waals surface area contributed by atoms with Crippen LogP contribution in [0.5, 0.6) is 0 Å². The van der Waals surface area contributed by atoms with Crippen molar-refractivity contribution in [3.05, 3.63) is 294 Å². The Kier molecular flexibility index (Phi) is 53.5. The van der Waals surface area contributed by atoms with E-state index in [1.54, 1.807) is 168 Å². The largest absolute Gasteiger partial charge is 0.380 e. The molecule has 10 aromatic rings. The summed E-state index contributed by atoms with van der Waals surface area (Å²) in [4.78, 5) is 39.3. The molecule has 0 fully saturated rings. The number of nitrogens with zero attached hydrogens (tertiary/aromatic N) is 11. The fourth-order valence-electron chi connectivity index (χ4n) is 6.77. The highest BCUT2D eigenvalue weighted by atomic mass is 35.5. The highest BCUT2D eigenvalue weighted by Gasteiger charge is 2.03. The van der Waals surface area contributed by atoms with Crippen LogP contribution >= 0.6 is 58.0 Å². The molecule has 101 heavy (non-hydrogen) atoms. The van der Waals surface area contributed by atoms with E-state index in [4.69, 9.17) is 111 Å². The monoisotopic (exact) mass is 1490 g/mol. The molecule has 10 heterocycles. The van der Waals surface area contributed by atoms with E-state index >= 15 is 0 Å². The Morgan fingerprint density at radius 2 is 0.891 bits per heavy atom. The van der Waals surface area contributed by atoms with Gasteiger partial charge in [-0.15, -0.1) is 0 Å². The van der Waals surface area contributed by atoms with Crippen molar-refractivity contribution in [2.75, 3.05) is 71.1 Å². The topological polar surface area (TPSA) is 245 Å². The molecular weight excluding hydrogens is 1410 g/mol. The van der Waals surface area contributed by atoms with Gasteiger partial charge in [0.05, 0.1) is 127 Å². The summed E-state index contributed by atoms with van der Waals surface area (Å²) in [6.45, 7) is 6.18. The Morgan fingerprint density at radius 1 is 0.366 bits per heavy atom. The van der Waals surface area contributed by atoms with E-state index in [1.165, 1.54) is 56.2 Å². The van der Waals surface area contributed by atoms with Gasteiger partial charge in [0.25, 0.3) is 0 Å². The van der Waals surface area contributed by atoms with E-state index in [-0.39, 0.29) is 30.2 Å². The molecule has 1 atom stereocenters. The third-order valence-electron chi connectivity index (χ3n) is 11.4. The lowest BCUT2D eigenvalue weighted by atomic mass is 10.2.